The molecule has 0 unspecified atom stereocenters. The molecule has 12 heavy (non-hydrogen) atoms. The molecule has 4 heteroatoms. The van der Waals surface area contributed by atoms with E-state index in [0.717, 1.165) is 0 Å². The van der Waals surface area contributed by atoms with Gasteiger partial charge in [0.15, 0.2) is 0 Å². The van der Waals surface area contributed by atoms with Gasteiger partial charge >= 0.3 is 0 Å². The van der Waals surface area contributed by atoms with E-state index in [9.17, 15) is 0 Å². The minimum absolute atomic E-state index is 0.141. The Morgan fingerprint density at radius 3 is 2.92 bits per heavy atom. The number of nitrogens with zero attached hydrogens (tertiary/aromatic N) is 1. The number of ether oxygens (including phenoxy) is 1. The van der Waals surface area contributed by atoms with Crippen LogP contribution in [0.2, 0.25) is 0 Å². The molecule has 1 aromatic heterocycles. The summed E-state index contributed by atoms with van der Waals surface area (Å²) < 4.78 is 5.22. The summed E-state index contributed by atoms with van der Waals surface area (Å²) in [5.74, 6) is 1.15. The molecule has 0 fully saturated rings. The second kappa shape index (κ2) is 4.56. The van der Waals surface area contributed by atoms with Crippen molar-refractivity contribution in [2.24, 2.45) is 0 Å². The molecule has 0 aliphatic heterocycles. The maximum Gasteiger partial charge on any atom is 0.137 e. The Morgan fingerprint density at radius 1 is 1.50 bits per heavy atom. The first-order valence-electron chi connectivity index (χ1n) is 3.78. The molecule has 0 amide bonds. The van der Waals surface area contributed by atoms with E-state index in [-0.39, 0.29) is 6.61 Å². The third-order valence-electron chi connectivity index (χ3n) is 1.33. The fourth-order valence-electron chi connectivity index (χ4n) is 0.732. The van der Waals surface area contributed by atoms with Crippen molar-refractivity contribution in [3.63, 3.8) is 0 Å². The Kier molecular flexibility index (Phi) is 3.35. The van der Waals surface area contributed by atoms with E-state index in [4.69, 9.17) is 15.6 Å². The first-order valence-corrected chi connectivity index (χ1v) is 3.78. The van der Waals surface area contributed by atoms with Crippen molar-refractivity contribution in [3.05, 3.63) is 18.3 Å². The molecule has 0 spiro atoms. The van der Waals surface area contributed by atoms with Crippen molar-refractivity contribution < 1.29 is 9.84 Å². The van der Waals surface area contributed by atoms with Crippen LogP contribution in [-0.4, -0.2) is 23.3 Å². The Morgan fingerprint density at radius 2 is 2.33 bits per heavy atom. The highest BCUT2D eigenvalue weighted by Gasteiger charge is 1.92. The molecule has 0 radical (unpaired) electrons. The molecule has 4 nitrogen and oxygen atoms in total. The Labute approximate surface area is 71.0 Å². The van der Waals surface area contributed by atoms with Crippen molar-refractivity contribution in [3.8, 4) is 5.75 Å². The lowest BCUT2D eigenvalue weighted by Gasteiger charge is -2.03. The number of rotatable bonds is 4. The van der Waals surface area contributed by atoms with Gasteiger partial charge < -0.3 is 15.6 Å². The second-order valence-corrected chi connectivity index (χ2v) is 2.34. The van der Waals surface area contributed by atoms with Crippen LogP contribution in [0.4, 0.5) is 5.82 Å². The van der Waals surface area contributed by atoms with Gasteiger partial charge in [0.2, 0.25) is 0 Å². The smallest absolute Gasteiger partial charge is 0.137 e. The van der Waals surface area contributed by atoms with E-state index in [0.29, 0.717) is 24.6 Å². The van der Waals surface area contributed by atoms with Gasteiger partial charge in [0.1, 0.15) is 11.6 Å². The molecule has 1 rings (SSSR count). The van der Waals surface area contributed by atoms with Crippen molar-refractivity contribution in [2.75, 3.05) is 18.9 Å². The van der Waals surface area contributed by atoms with Gasteiger partial charge in [0.05, 0.1) is 12.8 Å². The molecule has 66 valence electrons. The number of anilines is 1. The van der Waals surface area contributed by atoms with E-state index >= 15 is 0 Å². The Hall–Kier alpha value is -1.29. The lowest BCUT2D eigenvalue weighted by molar-refractivity contribution is 0.233. The van der Waals surface area contributed by atoms with Crippen molar-refractivity contribution >= 4 is 5.82 Å². The number of nitrogen functional groups attached to an aromatic ring is 1. The Bertz CT molecular complexity index is 223. The number of aliphatic hydroxyl groups is 1. The topological polar surface area (TPSA) is 68.4 Å². The van der Waals surface area contributed by atoms with Crippen LogP contribution in [0, 0.1) is 0 Å². The van der Waals surface area contributed by atoms with Crippen LogP contribution >= 0.6 is 0 Å². The molecule has 0 saturated carbocycles. The van der Waals surface area contributed by atoms with Gasteiger partial charge in [-0.15, -0.1) is 0 Å². The summed E-state index contributed by atoms with van der Waals surface area (Å²) in [6, 6.07) is 3.42. The van der Waals surface area contributed by atoms with Crippen LogP contribution in [0.25, 0.3) is 0 Å². The third kappa shape index (κ3) is 2.75. The normalized spacial score (nSPS) is 9.75. The maximum atomic E-state index is 8.47. The van der Waals surface area contributed by atoms with Crippen LogP contribution in [0.3, 0.4) is 0 Å². The van der Waals surface area contributed by atoms with Crippen LogP contribution in [0.5, 0.6) is 5.75 Å². The molecule has 1 aromatic rings. The molecule has 0 saturated heterocycles. The number of aromatic nitrogens is 1. The molecular weight excluding hydrogens is 156 g/mol. The lowest BCUT2D eigenvalue weighted by Crippen LogP contribution is -2.00. The summed E-state index contributed by atoms with van der Waals surface area (Å²) in [6.45, 7) is 0.643. The SMILES string of the molecule is Nc1ccc(OCCCO)cn1. The molecule has 3 N–H and O–H groups in total. The van der Waals surface area contributed by atoms with Gasteiger partial charge in [-0.2, -0.15) is 0 Å². The predicted molar refractivity (Wildman–Crippen MR) is 45.8 cm³/mol. The summed E-state index contributed by atoms with van der Waals surface area (Å²) in [6.07, 6.45) is 2.19. The quantitative estimate of drug-likeness (QED) is 0.639. The highest BCUT2D eigenvalue weighted by atomic mass is 16.5. The van der Waals surface area contributed by atoms with Crippen LogP contribution in [0.1, 0.15) is 6.42 Å². The van der Waals surface area contributed by atoms with E-state index in [2.05, 4.69) is 4.98 Å². The van der Waals surface area contributed by atoms with Crippen molar-refractivity contribution in [1.29, 1.82) is 0 Å². The highest BCUT2D eigenvalue weighted by Crippen LogP contribution is 2.09. The zero-order chi connectivity index (χ0) is 8.81. The van der Waals surface area contributed by atoms with Gasteiger partial charge in [-0.3, -0.25) is 0 Å². The summed E-state index contributed by atoms with van der Waals surface area (Å²) in [7, 11) is 0. The zero-order valence-corrected chi connectivity index (χ0v) is 6.73. The average molecular weight is 168 g/mol. The van der Waals surface area contributed by atoms with Gasteiger partial charge in [0.25, 0.3) is 0 Å². The van der Waals surface area contributed by atoms with Crippen LogP contribution in [-0.2, 0) is 0 Å². The number of nitrogens with two attached hydrogens (primary N) is 1. The van der Waals surface area contributed by atoms with Gasteiger partial charge in [-0.1, -0.05) is 0 Å². The molecule has 0 bridgehead atoms. The molecule has 0 aromatic carbocycles. The van der Waals surface area contributed by atoms with Gasteiger partial charge in [-0.05, 0) is 12.1 Å². The fourth-order valence-corrected chi connectivity index (χ4v) is 0.732. The van der Waals surface area contributed by atoms with Crippen LogP contribution < -0.4 is 10.5 Å². The summed E-state index contributed by atoms with van der Waals surface area (Å²) in [5.41, 5.74) is 5.37. The van der Waals surface area contributed by atoms with Gasteiger partial charge in [-0.25, -0.2) is 4.98 Å². The number of pyridine rings is 1. The molecule has 1 heterocycles. The number of hydrogen-bond acceptors (Lipinski definition) is 4. The van der Waals surface area contributed by atoms with Crippen molar-refractivity contribution in [2.45, 2.75) is 6.42 Å². The minimum atomic E-state index is 0.141. The fraction of sp³-hybridized carbons (Fsp3) is 0.375. The first-order chi connectivity index (χ1) is 5.83. The summed E-state index contributed by atoms with van der Waals surface area (Å²) >= 11 is 0. The second-order valence-electron chi connectivity index (χ2n) is 2.34. The largest absolute Gasteiger partial charge is 0.492 e. The predicted octanol–water partition coefficient (Wildman–Crippen LogP) is 0.425. The molecule has 0 aliphatic carbocycles. The van der Waals surface area contributed by atoms with E-state index in [1.807, 2.05) is 0 Å². The zero-order valence-electron chi connectivity index (χ0n) is 6.73. The number of hydrogen-bond donors (Lipinski definition) is 2. The highest BCUT2D eigenvalue weighted by molar-refractivity contribution is 5.31. The standard InChI is InChI=1S/C8H12N2O2/c9-8-3-2-7(6-10-8)12-5-1-4-11/h2-3,6,11H,1,4-5H2,(H2,9,10). The molecule has 0 atom stereocenters. The first kappa shape index (κ1) is 8.80. The third-order valence-corrected chi connectivity index (χ3v) is 1.33. The monoisotopic (exact) mass is 168 g/mol. The van der Waals surface area contributed by atoms with E-state index in [1.165, 1.54) is 0 Å². The van der Waals surface area contributed by atoms with Crippen LogP contribution in [0.15, 0.2) is 18.3 Å². The Balaban J connectivity index is 2.37. The minimum Gasteiger partial charge on any atom is -0.492 e. The summed E-state index contributed by atoms with van der Waals surface area (Å²) in [4.78, 5) is 3.85. The van der Waals surface area contributed by atoms with Crippen molar-refractivity contribution in [1.82, 2.24) is 4.98 Å². The lowest BCUT2D eigenvalue weighted by atomic mass is 10.4. The molecular formula is C8H12N2O2. The van der Waals surface area contributed by atoms with E-state index < -0.39 is 0 Å². The average Bonchev–Trinajstić information content (AvgIpc) is 2.09. The van der Waals surface area contributed by atoms with Gasteiger partial charge in [0, 0.05) is 13.0 Å². The van der Waals surface area contributed by atoms with E-state index in [1.54, 1.807) is 18.3 Å². The molecule has 0 aliphatic rings. The summed E-state index contributed by atoms with van der Waals surface area (Å²) in [5, 5.41) is 8.47. The number of aliphatic hydroxyl groups excluding tert-OH is 1. The maximum absolute atomic E-state index is 8.47.